The number of ether oxygens (including phenoxy) is 1. The van der Waals surface area contributed by atoms with Gasteiger partial charge in [0.2, 0.25) is 11.8 Å². The largest absolute Gasteiger partial charge is 0.477 e. The Balaban J connectivity index is 2.81. The number of hydrogen-bond donors (Lipinski definition) is 1. The van der Waals surface area contributed by atoms with Gasteiger partial charge in [-0.2, -0.15) is 0 Å². The third-order valence-electron chi connectivity index (χ3n) is 3.56. The number of rotatable bonds is 4. The van der Waals surface area contributed by atoms with Crippen LogP contribution in [0, 0.1) is 0 Å². The zero-order chi connectivity index (χ0) is 19.4. The zero-order valence-electron chi connectivity index (χ0n) is 14.5. The molecule has 0 radical (unpaired) electrons. The summed E-state index contributed by atoms with van der Waals surface area (Å²) < 4.78 is 5.17. The van der Waals surface area contributed by atoms with Crippen LogP contribution in [0.15, 0.2) is 42.1 Å². The van der Waals surface area contributed by atoms with E-state index in [1.54, 1.807) is 30.3 Å². The standard InChI is InChI=1S/C19H17NO6/c1-11(21)20(12(2)22)17(19(24)25)10-16-15-7-5-4-6-14(15)8-9-18(16)26-13(3)23/h4-10H,1-3H3,(H,24,25)/b17-10-. The van der Waals surface area contributed by atoms with Crippen molar-refractivity contribution in [1.29, 1.82) is 0 Å². The van der Waals surface area contributed by atoms with E-state index in [1.165, 1.54) is 13.0 Å². The van der Waals surface area contributed by atoms with Crippen molar-refractivity contribution in [2.24, 2.45) is 0 Å². The highest BCUT2D eigenvalue weighted by Gasteiger charge is 2.25. The first kappa shape index (κ1) is 18.9. The van der Waals surface area contributed by atoms with Gasteiger partial charge in [-0.05, 0) is 22.9 Å². The molecule has 0 saturated carbocycles. The second-order valence-corrected chi connectivity index (χ2v) is 5.50. The Morgan fingerprint density at radius 1 is 0.962 bits per heavy atom. The van der Waals surface area contributed by atoms with Gasteiger partial charge in [-0.1, -0.05) is 30.3 Å². The number of carbonyl (C=O) groups excluding carboxylic acids is 3. The molecule has 1 N–H and O–H groups in total. The Bertz CT molecular complexity index is 930. The maximum Gasteiger partial charge on any atom is 0.353 e. The van der Waals surface area contributed by atoms with Crippen molar-refractivity contribution < 1.29 is 29.0 Å². The van der Waals surface area contributed by atoms with Crippen LogP contribution in [-0.4, -0.2) is 33.8 Å². The molecular formula is C19H17NO6. The summed E-state index contributed by atoms with van der Waals surface area (Å²) in [5.74, 6) is -3.39. The summed E-state index contributed by atoms with van der Waals surface area (Å²) in [6.45, 7) is 3.40. The average Bonchev–Trinajstić information content (AvgIpc) is 2.54. The first-order chi connectivity index (χ1) is 12.2. The van der Waals surface area contributed by atoms with Crippen molar-refractivity contribution in [3.8, 4) is 5.75 Å². The number of esters is 1. The fraction of sp³-hybridized carbons (Fsp3) is 0.158. The number of amides is 2. The van der Waals surface area contributed by atoms with E-state index in [0.717, 1.165) is 25.3 Å². The van der Waals surface area contributed by atoms with Crippen LogP contribution >= 0.6 is 0 Å². The van der Waals surface area contributed by atoms with Crippen LogP contribution in [0.5, 0.6) is 5.75 Å². The molecule has 134 valence electrons. The lowest BCUT2D eigenvalue weighted by Crippen LogP contribution is -2.35. The molecule has 0 atom stereocenters. The number of nitrogens with zero attached hydrogens (tertiary/aromatic N) is 1. The smallest absolute Gasteiger partial charge is 0.353 e. The molecule has 0 heterocycles. The molecule has 2 rings (SSSR count). The van der Waals surface area contributed by atoms with Crippen molar-refractivity contribution in [1.82, 2.24) is 4.90 Å². The molecule has 0 aliphatic carbocycles. The minimum atomic E-state index is -1.46. The van der Waals surface area contributed by atoms with Crippen LogP contribution in [0.3, 0.4) is 0 Å². The molecular weight excluding hydrogens is 338 g/mol. The van der Waals surface area contributed by atoms with E-state index in [-0.39, 0.29) is 11.3 Å². The highest BCUT2D eigenvalue weighted by molar-refractivity contribution is 6.07. The van der Waals surface area contributed by atoms with Gasteiger partial charge in [0.25, 0.3) is 0 Å². The quantitative estimate of drug-likeness (QED) is 0.514. The minimum Gasteiger partial charge on any atom is -0.477 e. The molecule has 2 amide bonds. The number of imide groups is 1. The highest BCUT2D eigenvalue weighted by atomic mass is 16.5. The van der Waals surface area contributed by atoms with Gasteiger partial charge in [-0.3, -0.25) is 14.4 Å². The molecule has 0 aliphatic rings. The minimum absolute atomic E-state index is 0.127. The zero-order valence-corrected chi connectivity index (χ0v) is 14.5. The predicted molar refractivity (Wildman–Crippen MR) is 94.1 cm³/mol. The van der Waals surface area contributed by atoms with Crippen molar-refractivity contribution in [3.63, 3.8) is 0 Å². The molecule has 0 unspecified atom stereocenters. The monoisotopic (exact) mass is 355 g/mol. The van der Waals surface area contributed by atoms with Crippen LogP contribution in [-0.2, 0) is 19.2 Å². The molecule has 7 nitrogen and oxygen atoms in total. The van der Waals surface area contributed by atoms with Crippen LogP contribution in [0.2, 0.25) is 0 Å². The lowest BCUT2D eigenvalue weighted by Gasteiger charge is -2.18. The molecule has 0 aromatic heterocycles. The molecule has 0 fully saturated rings. The molecule has 0 aliphatic heterocycles. The SMILES string of the molecule is CC(=O)Oc1ccc2ccccc2c1/C=C(/C(=O)O)N(C(C)=O)C(C)=O. The lowest BCUT2D eigenvalue weighted by molar-refractivity contribution is -0.146. The predicted octanol–water partition coefficient (Wildman–Crippen LogP) is 2.59. The Morgan fingerprint density at radius 2 is 1.58 bits per heavy atom. The van der Waals surface area contributed by atoms with Gasteiger partial charge in [-0.15, -0.1) is 0 Å². The van der Waals surface area contributed by atoms with E-state index in [9.17, 15) is 24.3 Å². The molecule has 0 spiro atoms. The van der Waals surface area contributed by atoms with Gasteiger partial charge in [0.1, 0.15) is 11.4 Å². The number of fused-ring (bicyclic) bond motifs is 1. The van der Waals surface area contributed by atoms with Gasteiger partial charge in [-0.25, -0.2) is 9.69 Å². The maximum atomic E-state index is 11.8. The van der Waals surface area contributed by atoms with Crippen molar-refractivity contribution in [2.75, 3.05) is 0 Å². The van der Waals surface area contributed by atoms with E-state index in [2.05, 4.69) is 0 Å². The summed E-state index contributed by atoms with van der Waals surface area (Å²) in [4.78, 5) is 47.2. The first-order valence-electron chi connectivity index (χ1n) is 7.68. The molecule has 2 aromatic rings. The van der Waals surface area contributed by atoms with Gasteiger partial charge >= 0.3 is 11.9 Å². The van der Waals surface area contributed by atoms with Gasteiger partial charge < -0.3 is 9.84 Å². The van der Waals surface area contributed by atoms with E-state index < -0.39 is 29.5 Å². The molecule has 26 heavy (non-hydrogen) atoms. The average molecular weight is 355 g/mol. The highest BCUT2D eigenvalue weighted by Crippen LogP contribution is 2.31. The number of carboxylic acid groups (broad SMARTS) is 1. The summed E-state index contributed by atoms with van der Waals surface area (Å²) in [5, 5.41) is 10.9. The van der Waals surface area contributed by atoms with Gasteiger partial charge in [0.15, 0.2) is 0 Å². The normalized spacial score (nSPS) is 11.1. The second kappa shape index (κ2) is 7.60. The summed E-state index contributed by atoms with van der Waals surface area (Å²) in [7, 11) is 0. The van der Waals surface area contributed by atoms with E-state index in [1.807, 2.05) is 0 Å². The van der Waals surface area contributed by atoms with E-state index >= 15 is 0 Å². The van der Waals surface area contributed by atoms with Crippen LogP contribution < -0.4 is 4.74 Å². The third-order valence-corrected chi connectivity index (χ3v) is 3.56. The van der Waals surface area contributed by atoms with Gasteiger partial charge in [0.05, 0.1) is 0 Å². The summed E-state index contributed by atoms with van der Waals surface area (Å²) in [6.07, 6.45) is 1.16. The Hall–Kier alpha value is -3.48. The van der Waals surface area contributed by atoms with Crippen molar-refractivity contribution in [3.05, 3.63) is 47.7 Å². The van der Waals surface area contributed by atoms with Gasteiger partial charge in [0, 0.05) is 26.3 Å². The van der Waals surface area contributed by atoms with E-state index in [4.69, 9.17) is 4.74 Å². The van der Waals surface area contributed by atoms with Crippen LogP contribution in [0.1, 0.15) is 26.3 Å². The Kier molecular flexibility index (Phi) is 5.51. The number of carbonyl (C=O) groups is 4. The van der Waals surface area contributed by atoms with Crippen LogP contribution in [0.4, 0.5) is 0 Å². The summed E-state index contributed by atoms with van der Waals surface area (Å²) >= 11 is 0. The lowest BCUT2D eigenvalue weighted by atomic mass is 10.0. The van der Waals surface area contributed by atoms with Crippen LogP contribution in [0.25, 0.3) is 16.8 Å². The number of hydrogen-bond acceptors (Lipinski definition) is 5. The number of aliphatic carboxylic acids is 1. The molecule has 7 heteroatoms. The third kappa shape index (κ3) is 3.94. The first-order valence-corrected chi connectivity index (χ1v) is 7.68. The van der Waals surface area contributed by atoms with Crippen molar-refractivity contribution >= 4 is 40.6 Å². The fourth-order valence-corrected chi connectivity index (χ4v) is 2.59. The molecule has 0 bridgehead atoms. The second-order valence-electron chi connectivity index (χ2n) is 5.50. The van der Waals surface area contributed by atoms with E-state index in [0.29, 0.717) is 10.3 Å². The molecule has 0 saturated heterocycles. The summed E-state index contributed by atoms with van der Waals surface area (Å²) in [6, 6.07) is 10.3. The Labute approximate surface area is 149 Å². The fourth-order valence-electron chi connectivity index (χ4n) is 2.59. The summed E-state index contributed by atoms with van der Waals surface area (Å²) in [5.41, 5.74) is -0.252. The Morgan fingerprint density at radius 3 is 2.12 bits per heavy atom. The van der Waals surface area contributed by atoms with Crippen molar-refractivity contribution in [2.45, 2.75) is 20.8 Å². The number of benzene rings is 2. The maximum absolute atomic E-state index is 11.8. The number of carboxylic acids is 1. The molecule has 2 aromatic carbocycles. The topological polar surface area (TPSA) is 101 Å².